The fourth-order valence-electron chi connectivity index (χ4n) is 0.490. The monoisotopic (exact) mass is 158 g/mol. The van der Waals surface area contributed by atoms with E-state index in [9.17, 15) is 0 Å². The third kappa shape index (κ3) is 5.69. The van der Waals surface area contributed by atoms with E-state index < -0.39 is 0 Å². The van der Waals surface area contributed by atoms with Crippen molar-refractivity contribution >= 4 is 18.8 Å². The minimum absolute atomic E-state index is 0.0835. The van der Waals surface area contributed by atoms with E-state index in [1.807, 2.05) is 27.1 Å². The number of allylic oxidation sites excluding steroid dienone is 1. The lowest BCUT2D eigenvalue weighted by Crippen LogP contribution is -1.96. The Labute approximate surface area is 67.8 Å². The molecule has 0 heterocycles. The maximum Gasteiger partial charge on any atom is 0.0895 e. The van der Waals surface area contributed by atoms with Crippen molar-refractivity contribution in [1.29, 1.82) is 0 Å². The first kappa shape index (κ1) is 9.56. The van der Waals surface area contributed by atoms with Crippen LogP contribution in [-0.4, -0.2) is 18.6 Å². The Morgan fingerprint density at radius 2 is 2.30 bits per heavy atom. The molecular formula is C7H14N2S. The molecule has 0 aliphatic carbocycles. The van der Waals surface area contributed by atoms with Gasteiger partial charge in [-0.25, -0.2) is 0 Å². The molecule has 0 aromatic heterocycles. The van der Waals surface area contributed by atoms with Gasteiger partial charge in [-0.3, -0.25) is 4.99 Å². The first-order chi connectivity index (χ1) is 4.66. The van der Waals surface area contributed by atoms with Crippen LogP contribution in [0.4, 0.5) is 0 Å². The second-order valence-electron chi connectivity index (χ2n) is 2.09. The largest absolute Gasteiger partial charge is 0.394 e. The summed E-state index contributed by atoms with van der Waals surface area (Å²) in [5.41, 5.74) is 1.10. The van der Waals surface area contributed by atoms with E-state index in [1.54, 1.807) is 6.21 Å². The van der Waals surface area contributed by atoms with E-state index >= 15 is 0 Å². The van der Waals surface area contributed by atoms with Crippen LogP contribution in [0.3, 0.4) is 0 Å². The Morgan fingerprint density at radius 3 is 2.70 bits per heavy atom. The van der Waals surface area contributed by atoms with Crippen molar-refractivity contribution in [3.05, 3.63) is 11.8 Å². The molecule has 0 aliphatic heterocycles. The standard InChI is InChI=1S/C7H14N2S/c1-6(4-8-3)5-9-7(2)10/h4-5,7-8,10H,1-3H3/b6-4-,9-5-. The predicted molar refractivity (Wildman–Crippen MR) is 49.8 cm³/mol. The van der Waals surface area contributed by atoms with Gasteiger partial charge in [0.15, 0.2) is 0 Å². The molecule has 3 heteroatoms. The molecule has 0 aromatic carbocycles. The van der Waals surface area contributed by atoms with Crippen molar-refractivity contribution in [2.45, 2.75) is 19.2 Å². The Balaban J connectivity index is 3.77. The molecule has 1 unspecified atom stereocenters. The Bertz CT molecular complexity index is 139. The van der Waals surface area contributed by atoms with E-state index in [0.29, 0.717) is 0 Å². The SMILES string of the molecule is CN/C=C(C)\C=N/C(C)S. The summed E-state index contributed by atoms with van der Waals surface area (Å²) >= 11 is 4.10. The van der Waals surface area contributed by atoms with Gasteiger partial charge in [0.2, 0.25) is 0 Å². The normalized spacial score (nSPS) is 15.8. The molecule has 0 amide bonds. The van der Waals surface area contributed by atoms with Gasteiger partial charge in [-0.2, -0.15) is 12.6 Å². The Kier molecular flexibility index (Phi) is 5.12. The summed E-state index contributed by atoms with van der Waals surface area (Å²) < 4.78 is 0. The highest BCUT2D eigenvalue weighted by atomic mass is 32.1. The van der Waals surface area contributed by atoms with Crippen LogP contribution in [0.2, 0.25) is 0 Å². The number of hydrogen-bond donors (Lipinski definition) is 2. The molecular weight excluding hydrogens is 144 g/mol. The topological polar surface area (TPSA) is 24.4 Å². The number of hydrogen-bond acceptors (Lipinski definition) is 3. The van der Waals surface area contributed by atoms with E-state index in [1.165, 1.54) is 0 Å². The van der Waals surface area contributed by atoms with Gasteiger partial charge in [0.25, 0.3) is 0 Å². The molecule has 1 N–H and O–H groups in total. The van der Waals surface area contributed by atoms with Crippen LogP contribution in [0.25, 0.3) is 0 Å². The Hall–Kier alpha value is -0.440. The molecule has 10 heavy (non-hydrogen) atoms. The minimum Gasteiger partial charge on any atom is -0.394 e. The Morgan fingerprint density at radius 1 is 1.70 bits per heavy atom. The summed E-state index contributed by atoms with van der Waals surface area (Å²) in [5, 5.41) is 3.00. The number of thiol groups is 1. The quantitative estimate of drug-likeness (QED) is 0.471. The van der Waals surface area contributed by atoms with Gasteiger partial charge in [-0.15, -0.1) is 0 Å². The van der Waals surface area contributed by atoms with Gasteiger partial charge in [0, 0.05) is 19.5 Å². The van der Waals surface area contributed by atoms with Gasteiger partial charge in [-0.05, 0) is 19.4 Å². The van der Waals surface area contributed by atoms with Gasteiger partial charge >= 0.3 is 0 Å². The van der Waals surface area contributed by atoms with Crippen molar-refractivity contribution < 1.29 is 0 Å². The molecule has 0 rings (SSSR count). The van der Waals surface area contributed by atoms with Crippen LogP contribution in [0.1, 0.15) is 13.8 Å². The lowest BCUT2D eigenvalue weighted by molar-refractivity contribution is 1.05. The lowest BCUT2D eigenvalue weighted by atomic mass is 10.4. The summed E-state index contributed by atoms with van der Waals surface area (Å²) in [6.07, 6.45) is 3.69. The highest BCUT2D eigenvalue weighted by molar-refractivity contribution is 7.80. The van der Waals surface area contributed by atoms with E-state index in [-0.39, 0.29) is 5.37 Å². The van der Waals surface area contributed by atoms with E-state index in [4.69, 9.17) is 0 Å². The van der Waals surface area contributed by atoms with Crippen molar-refractivity contribution in [3.8, 4) is 0 Å². The van der Waals surface area contributed by atoms with Crippen LogP contribution in [0, 0.1) is 0 Å². The molecule has 0 saturated carbocycles. The van der Waals surface area contributed by atoms with Crippen LogP contribution in [0.15, 0.2) is 16.8 Å². The summed E-state index contributed by atoms with van der Waals surface area (Å²) in [7, 11) is 1.86. The van der Waals surface area contributed by atoms with Gasteiger partial charge in [0.05, 0.1) is 5.37 Å². The second kappa shape index (κ2) is 5.35. The molecule has 2 nitrogen and oxygen atoms in total. The number of nitrogens with zero attached hydrogens (tertiary/aromatic N) is 1. The van der Waals surface area contributed by atoms with Gasteiger partial charge in [-0.1, -0.05) is 0 Å². The summed E-state index contributed by atoms with van der Waals surface area (Å²) in [4.78, 5) is 4.07. The molecule has 0 radical (unpaired) electrons. The zero-order valence-corrected chi connectivity index (χ0v) is 7.52. The van der Waals surface area contributed by atoms with Crippen molar-refractivity contribution in [3.63, 3.8) is 0 Å². The molecule has 0 aromatic rings. The minimum atomic E-state index is 0.0835. The number of rotatable bonds is 3. The first-order valence-corrected chi connectivity index (χ1v) is 3.73. The van der Waals surface area contributed by atoms with Crippen LogP contribution >= 0.6 is 12.6 Å². The average molecular weight is 158 g/mol. The second-order valence-corrected chi connectivity index (χ2v) is 2.83. The smallest absolute Gasteiger partial charge is 0.0895 e. The van der Waals surface area contributed by atoms with Crippen molar-refractivity contribution in [2.24, 2.45) is 4.99 Å². The van der Waals surface area contributed by atoms with Crippen LogP contribution in [-0.2, 0) is 0 Å². The third-order valence-corrected chi connectivity index (χ3v) is 0.999. The highest BCUT2D eigenvalue weighted by Gasteiger charge is 1.84. The zero-order valence-electron chi connectivity index (χ0n) is 6.63. The van der Waals surface area contributed by atoms with Gasteiger partial charge in [0.1, 0.15) is 0 Å². The maximum atomic E-state index is 4.10. The van der Waals surface area contributed by atoms with Crippen molar-refractivity contribution in [1.82, 2.24) is 5.32 Å². The predicted octanol–water partition coefficient (Wildman–Crippen LogP) is 1.46. The molecule has 0 bridgehead atoms. The summed E-state index contributed by atoms with van der Waals surface area (Å²) in [6, 6.07) is 0. The average Bonchev–Trinajstić information content (AvgIpc) is 1.85. The van der Waals surface area contributed by atoms with Crippen LogP contribution < -0.4 is 5.32 Å². The molecule has 0 fully saturated rings. The van der Waals surface area contributed by atoms with Gasteiger partial charge < -0.3 is 5.32 Å². The molecule has 1 atom stereocenters. The third-order valence-electron chi connectivity index (χ3n) is 0.866. The maximum absolute atomic E-state index is 4.10. The summed E-state index contributed by atoms with van der Waals surface area (Å²) in [5.74, 6) is 0. The zero-order chi connectivity index (χ0) is 7.98. The first-order valence-electron chi connectivity index (χ1n) is 3.22. The van der Waals surface area contributed by atoms with Crippen LogP contribution in [0.5, 0.6) is 0 Å². The highest BCUT2D eigenvalue weighted by Crippen LogP contribution is 1.94. The number of aliphatic imine (C=N–C) groups is 1. The fraction of sp³-hybridized carbons (Fsp3) is 0.571. The molecule has 0 saturated heterocycles. The van der Waals surface area contributed by atoms with E-state index in [2.05, 4.69) is 22.9 Å². The fourth-order valence-corrected chi connectivity index (χ4v) is 0.557. The number of nitrogens with one attached hydrogen (secondary N) is 1. The van der Waals surface area contributed by atoms with Crippen molar-refractivity contribution in [2.75, 3.05) is 7.05 Å². The summed E-state index contributed by atoms with van der Waals surface area (Å²) in [6.45, 7) is 3.91. The lowest BCUT2D eigenvalue weighted by Gasteiger charge is -1.94. The molecule has 0 aliphatic rings. The molecule has 58 valence electrons. The van der Waals surface area contributed by atoms with E-state index in [0.717, 1.165) is 5.57 Å². The molecule has 0 spiro atoms.